The number of alkyl halides is 3. The van der Waals surface area contributed by atoms with Crippen LogP contribution in [0, 0.1) is 0 Å². The van der Waals surface area contributed by atoms with Crippen molar-refractivity contribution in [1.82, 2.24) is 10.6 Å². The summed E-state index contributed by atoms with van der Waals surface area (Å²) in [6.45, 7) is 0.0934. The first-order valence-electron chi connectivity index (χ1n) is 10.4. The van der Waals surface area contributed by atoms with Gasteiger partial charge in [-0.2, -0.15) is 13.2 Å². The standard InChI is InChI=1S/C23H25F3N2O6/c1-32-16-7-8-19(18(11-16)23(24,25)26)34-15-5-3-14(4-6-15)13-27-20(29)22(28-21(30)31)10-9-17(12-22)33-2/h3-8,11,17,28H,9-10,12-13H2,1-2H3,(H,27,29)(H,30,31). The molecule has 2 aromatic rings. The van der Waals surface area contributed by atoms with Gasteiger partial charge in [0.25, 0.3) is 0 Å². The number of rotatable bonds is 8. The van der Waals surface area contributed by atoms with E-state index in [2.05, 4.69) is 10.6 Å². The van der Waals surface area contributed by atoms with E-state index in [4.69, 9.17) is 19.3 Å². The lowest BCUT2D eigenvalue weighted by atomic mass is 9.96. The summed E-state index contributed by atoms with van der Waals surface area (Å²) in [5.74, 6) is -0.610. The molecule has 11 heteroatoms. The van der Waals surface area contributed by atoms with Crippen molar-refractivity contribution >= 4 is 12.0 Å². The number of amides is 2. The maximum Gasteiger partial charge on any atom is 0.420 e. The minimum absolute atomic E-state index is 0.0556. The maximum atomic E-state index is 13.4. The van der Waals surface area contributed by atoms with Crippen molar-refractivity contribution in [3.8, 4) is 17.2 Å². The van der Waals surface area contributed by atoms with E-state index < -0.39 is 29.3 Å². The van der Waals surface area contributed by atoms with E-state index in [-0.39, 0.29) is 36.3 Å². The predicted octanol–water partition coefficient (Wildman–Crippen LogP) is 4.33. The largest absolute Gasteiger partial charge is 0.497 e. The van der Waals surface area contributed by atoms with Gasteiger partial charge in [-0.15, -0.1) is 0 Å². The Labute approximate surface area is 194 Å². The SMILES string of the molecule is COc1ccc(Oc2ccc(CNC(=O)C3(NC(=O)O)CCC(OC)C3)cc2)c(C(F)(F)F)c1. The first-order chi connectivity index (χ1) is 16.1. The summed E-state index contributed by atoms with van der Waals surface area (Å²) in [5, 5.41) is 14.2. The lowest BCUT2D eigenvalue weighted by molar-refractivity contribution is -0.138. The van der Waals surface area contributed by atoms with Crippen LogP contribution in [0.25, 0.3) is 0 Å². The Kier molecular flexibility index (Phi) is 7.55. The van der Waals surface area contributed by atoms with Crippen molar-refractivity contribution in [2.45, 2.75) is 43.6 Å². The number of ether oxygens (including phenoxy) is 3. The molecule has 8 nitrogen and oxygen atoms in total. The molecule has 0 aromatic heterocycles. The van der Waals surface area contributed by atoms with Gasteiger partial charge in [-0.05, 0) is 48.7 Å². The summed E-state index contributed by atoms with van der Waals surface area (Å²) >= 11 is 0. The summed E-state index contributed by atoms with van der Waals surface area (Å²) in [4.78, 5) is 24.0. The minimum Gasteiger partial charge on any atom is -0.497 e. The van der Waals surface area contributed by atoms with Gasteiger partial charge >= 0.3 is 12.3 Å². The quantitative estimate of drug-likeness (QED) is 0.517. The lowest BCUT2D eigenvalue weighted by Crippen LogP contribution is -2.57. The van der Waals surface area contributed by atoms with Crippen LogP contribution < -0.4 is 20.1 Å². The Morgan fingerprint density at radius 3 is 2.35 bits per heavy atom. The Bertz CT molecular complexity index is 1030. The zero-order valence-electron chi connectivity index (χ0n) is 18.6. The molecule has 1 saturated carbocycles. The highest BCUT2D eigenvalue weighted by molar-refractivity contribution is 5.90. The van der Waals surface area contributed by atoms with E-state index in [1.165, 1.54) is 38.5 Å². The fourth-order valence-corrected chi connectivity index (χ4v) is 3.88. The molecule has 0 radical (unpaired) electrons. The van der Waals surface area contributed by atoms with Gasteiger partial charge in [-0.1, -0.05) is 12.1 Å². The minimum atomic E-state index is -4.63. The molecule has 3 N–H and O–H groups in total. The maximum absolute atomic E-state index is 13.4. The zero-order valence-corrected chi connectivity index (χ0v) is 18.6. The van der Waals surface area contributed by atoms with Gasteiger partial charge in [0.05, 0.1) is 13.2 Å². The summed E-state index contributed by atoms with van der Waals surface area (Å²) < 4.78 is 55.7. The molecule has 1 aliphatic rings. The van der Waals surface area contributed by atoms with Crippen LogP contribution in [0.1, 0.15) is 30.4 Å². The van der Waals surface area contributed by atoms with Crippen LogP contribution in [0.15, 0.2) is 42.5 Å². The lowest BCUT2D eigenvalue weighted by Gasteiger charge is -2.28. The summed E-state index contributed by atoms with van der Waals surface area (Å²) in [6.07, 6.45) is -5.09. The number of hydrogen-bond donors (Lipinski definition) is 3. The van der Waals surface area contributed by atoms with Gasteiger partial charge in [0.2, 0.25) is 5.91 Å². The fourth-order valence-electron chi connectivity index (χ4n) is 3.88. The van der Waals surface area contributed by atoms with E-state index in [1.807, 2.05) is 0 Å². The Morgan fingerprint density at radius 2 is 1.79 bits per heavy atom. The molecule has 184 valence electrons. The zero-order chi connectivity index (χ0) is 24.9. The molecule has 2 aromatic carbocycles. The van der Waals surface area contributed by atoms with Gasteiger partial charge in [0.1, 0.15) is 28.4 Å². The van der Waals surface area contributed by atoms with Gasteiger partial charge in [-0.25, -0.2) is 4.79 Å². The number of carboxylic acid groups (broad SMARTS) is 1. The highest BCUT2D eigenvalue weighted by Crippen LogP contribution is 2.40. The number of benzene rings is 2. The van der Waals surface area contributed by atoms with Crippen LogP contribution >= 0.6 is 0 Å². The number of methoxy groups -OCH3 is 2. The van der Waals surface area contributed by atoms with E-state index in [0.29, 0.717) is 18.4 Å². The Hall–Kier alpha value is -3.47. The van der Waals surface area contributed by atoms with Crippen molar-refractivity contribution < 1.29 is 42.1 Å². The normalized spacial score (nSPS) is 20.0. The number of halogens is 3. The topological polar surface area (TPSA) is 106 Å². The van der Waals surface area contributed by atoms with Crippen molar-refractivity contribution in [1.29, 1.82) is 0 Å². The Morgan fingerprint density at radius 1 is 1.12 bits per heavy atom. The van der Waals surface area contributed by atoms with Crippen LogP contribution in [-0.4, -0.2) is 43.0 Å². The van der Waals surface area contributed by atoms with E-state index in [9.17, 15) is 22.8 Å². The highest BCUT2D eigenvalue weighted by Gasteiger charge is 2.46. The number of carbonyl (C=O) groups is 2. The van der Waals surface area contributed by atoms with Crippen molar-refractivity contribution in [2.24, 2.45) is 0 Å². The molecule has 2 unspecified atom stereocenters. The molecule has 0 saturated heterocycles. The van der Waals surface area contributed by atoms with Gasteiger partial charge in [0.15, 0.2) is 0 Å². The molecule has 1 fully saturated rings. The second-order valence-corrected chi connectivity index (χ2v) is 7.90. The smallest absolute Gasteiger partial charge is 0.420 e. The van der Waals surface area contributed by atoms with Gasteiger partial charge in [0, 0.05) is 20.1 Å². The third-order valence-corrected chi connectivity index (χ3v) is 5.68. The van der Waals surface area contributed by atoms with Crippen molar-refractivity contribution in [3.63, 3.8) is 0 Å². The molecule has 3 rings (SSSR count). The third kappa shape index (κ3) is 5.90. The molecular formula is C23H25F3N2O6. The first-order valence-corrected chi connectivity index (χ1v) is 10.4. The van der Waals surface area contributed by atoms with Gasteiger partial charge in [-0.3, -0.25) is 4.79 Å². The second kappa shape index (κ2) is 10.2. The summed E-state index contributed by atoms with van der Waals surface area (Å²) in [6, 6.07) is 9.55. The summed E-state index contributed by atoms with van der Waals surface area (Å²) in [7, 11) is 2.78. The van der Waals surface area contributed by atoms with E-state index >= 15 is 0 Å². The molecule has 2 atom stereocenters. The average molecular weight is 482 g/mol. The second-order valence-electron chi connectivity index (χ2n) is 7.90. The fraction of sp³-hybridized carbons (Fsp3) is 0.391. The predicted molar refractivity (Wildman–Crippen MR) is 115 cm³/mol. The van der Waals surface area contributed by atoms with Crippen LogP contribution in [0.5, 0.6) is 17.2 Å². The molecule has 0 spiro atoms. The molecule has 0 bridgehead atoms. The monoisotopic (exact) mass is 482 g/mol. The molecule has 0 heterocycles. The van der Waals surface area contributed by atoms with Crippen LogP contribution in [0.3, 0.4) is 0 Å². The molecule has 1 aliphatic carbocycles. The number of carbonyl (C=O) groups excluding carboxylic acids is 1. The summed E-state index contributed by atoms with van der Waals surface area (Å²) in [5.41, 5.74) is -1.60. The molecular weight excluding hydrogens is 457 g/mol. The Balaban J connectivity index is 1.66. The molecule has 2 amide bonds. The van der Waals surface area contributed by atoms with E-state index in [1.54, 1.807) is 12.1 Å². The number of hydrogen-bond acceptors (Lipinski definition) is 5. The van der Waals surface area contributed by atoms with Crippen molar-refractivity contribution in [3.05, 3.63) is 53.6 Å². The first kappa shape index (κ1) is 25.2. The van der Waals surface area contributed by atoms with Gasteiger partial charge < -0.3 is 30.0 Å². The third-order valence-electron chi connectivity index (χ3n) is 5.68. The highest BCUT2D eigenvalue weighted by atomic mass is 19.4. The number of nitrogens with one attached hydrogen (secondary N) is 2. The van der Waals surface area contributed by atoms with Crippen LogP contribution in [0.2, 0.25) is 0 Å². The van der Waals surface area contributed by atoms with E-state index in [0.717, 1.165) is 6.07 Å². The van der Waals surface area contributed by atoms with Crippen LogP contribution in [-0.2, 0) is 22.3 Å². The molecule has 34 heavy (non-hydrogen) atoms. The van der Waals surface area contributed by atoms with Crippen molar-refractivity contribution in [2.75, 3.05) is 14.2 Å². The molecule has 0 aliphatic heterocycles. The van der Waals surface area contributed by atoms with Crippen LogP contribution in [0.4, 0.5) is 18.0 Å². The average Bonchev–Trinajstić information content (AvgIpc) is 3.21.